The lowest BCUT2D eigenvalue weighted by Gasteiger charge is -2.43. The number of nitrogens with two attached hydrogens (primary N) is 1. The molecule has 3 heteroatoms. The van der Waals surface area contributed by atoms with Gasteiger partial charge in [0.2, 0.25) is 0 Å². The van der Waals surface area contributed by atoms with Gasteiger partial charge >= 0.3 is 0 Å². The molecule has 1 aliphatic carbocycles. The van der Waals surface area contributed by atoms with Gasteiger partial charge in [-0.2, -0.15) is 0 Å². The fraction of sp³-hybridized carbons (Fsp3) is 1.00. The lowest BCUT2D eigenvalue weighted by Crippen LogP contribution is -2.55. The van der Waals surface area contributed by atoms with Crippen LogP contribution in [0.1, 0.15) is 71.6 Å². The Hall–Kier alpha value is -0.120. The van der Waals surface area contributed by atoms with E-state index in [9.17, 15) is 0 Å². The molecule has 3 nitrogen and oxygen atoms in total. The summed E-state index contributed by atoms with van der Waals surface area (Å²) < 4.78 is 5.78. The maximum atomic E-state index is 6.21. The quantitative estimate of drug-likeness (QED) is 0.492. The molecule has 1 rings (SSSR count). The molecule has 2 N–H and O–H groups in total. The largest absolute Gasteiger partial charge is 0.380 e. The van der Waals surface area contributed by atoms with Gasteiger partial charge in [-0.25, -0.2) is 0 Å². The molecule has 0 unspecified atom stereocenters. The summed E-state index contributed by atoms with van der Waals surface area (Å²) >= 11 is 0. The average molecular weight is 284 g/mol. The molecule has 0 bridgehead atoms. The molecule has 0 saturated heterocycles. The first kappa shape index (κ1) is 17.9. The van der Waals surface area contributed by atoms with Crippen molar-refractivity contribution in [1.29, 1.82) is 0 Å². The van der Waals surface area contributed by atoms with Crippen LogP contribution in [0.4, 0.5) is 0 Å². The maximum absolute atomic E-state index is 6.21. The molecule has 1 aliphatic rings. The van der Waals surface area contributed by atoms with E-state index in [-0.39, 0.29) is 5.54 Å². The summed E-state index contributed by atoms with van der Waals surface area (Å²) in [5.74, 6) is 0. The molecule has 0 radical (unpaired) electrons. The third-order valence-corrected chi connectivity index (χ3v) is 4.73. The van der Waals surface area contributed by atoms with Crippen LogP contribution in [0.3, 0.4) is 0 Å². The summed E-state index contributed by atoms with van der Waals surface area (Å²) in [5.41, 5.74) is 6.46. The highest BCUT2D eigenvalue weighted by atomic mass is 16.5. The van der Waals surface area contributed by atoms with Gasteiger partial charge in [-0.3, -0.25) is 4.90 Å². The summed E-state index contributed by atoms with van der Waals surface area (Å²) in [5, 5.41) is 0. The zero-order chi connectivity index (χ0) is 14.7. The van der Waals surface area contributed by atoms with Crippen molar-refractivity contribution in [1.82, 2.24) is 4.90 Å². The van der Waals surface area contributed by atoms with Gasteiger partial charge < -0.3 is 10.5 Å². The Morgan fingerprint density at radius 1 is 0.950 bits per heavy atom. The van der Waals surface area contributed by atoms with Crippen molar-refractivity contribution >= 4 is 0 Å². The lowest BCUT2D eigenvalue weighted by molar-refractivity contribution is 0.0349. The molecular weight excluding hydrogens is 248 g/mol. The molecule has 1 saturated carbocycles. The molecule has 0 heterocycles. The monoisotopic (exact) mass is 284 g/mol. The second-order valence-electron chi connectivity index (χ2n) is 6.30. The van der Waals surface area contributed by atoms with Gasteiger partial charge in [0.15, 0.2) is 0 Å². The van der Waals surface area contributed by atoms with Gasteiger partial charge in [0.1, 0.15) is 0 Å². The van der Waals surface area contributed by atoms with Crippen molar-refractivity contribution in [3.8, 4) is 0 Å². The van der Waals surface area contributed by atoms with Crippen molar-refractivity contribution in [3.05, 3.63) is 0 Å². The van der Waals surface area contributed by atoms with Gasteiger partial charge in [-0.1, -0.05) is 46.0 Å². The SMILES string of the molecule is CCCCOCCN(CCC)C1(CN)CCCCCC1. The Kier molecular flexibility index (Phi) is 9.49. The Labute approximate surface area is 126 Å². The number of hydrogen-bond acceptors (Lipinski definition) is 3. The molecule has 1 fully saturated rings. The van der Waals surface area contributed by atoms with Crippen LogP contribution in [-0.4, -0.2) is 43.3 Å². The van der Waals surface area contributed by atoms with Crippen LogP contribution in [0.5, 0.6) is 0 Å². The fourth-order valence-corrected chi connectivity index (χ4v) is 3.42. The predicted molar refractivity (Wildman–Crippen MR) is 87.1 cm³/mol. The second kappa shape index (κ2) is 10.6. The number of nitrogens with zero attached hydrogens (tertiary/aromatic N) is 1. The van der Waals surface area contributed by atoms with Crippen molar-refractivity contribution in [3.63, 3.8) is 0 Å². The standard InChI is InChI=1S/C17H36N2O/c1-3-5-14-20-15-13-19(12-4-2)17(16-18)10-8-6-7-9-11-17/h3-16,18H2,1-2H3. The second-order valence-corrected chi connectivity index (χ2v) is 6.30. The van der Waals surface area contributed by atoms with Crippen LogP contribution in [0.15, 0.2) is 0 Å². The van der Waals surface area contributed by atoms with Crippen LogP contribution in [0.2, 0.25) is 0 Å². The Balaban J connectivity index is 2.51. The normalized spacial score (nSPS) is 19.2. The first-order chi connectivity index (χ1) is 9.79. The van der Waals surface area contributed by atoms with Crippen molar-refractivity contribution < 1.29 is 4.74 Å². The van der Waals surface area contributed by atoms with Crippen molar-refractivity contribution in [2.24, 2.45) is 5.73 Å². The lowest BCUT2D eigenvalue weighted by atomic mass is 9.88. The summed E-state index contributed by atoms with van der Waals surface area (Å²) in [6.07, 6.45) is 11.6. The van der Waals surface area contributed by atoms with Gasteiger partial charge in [0, 0.05) is 25.2 Å². The van der Waals surface area contributed by atoms with Crippen LogP contribution in [0.25, 0.3) is 0 Å². The molecular formula is C17H36N2O. The predicted octanol–water partition coefficient (Wildman–Crippen LogP) is 3.57. The highest BCUT2D eigenvalue weighted by Gasteiger charge is 2.34. The van der Waals surface area contributed by atoms with E-state index < -0.39 is 0 Å². The minimum atomic E-state index is 0.251. The highest BCUT2D eigenvalue weighted by Crippen LogP contribution is 2.32. The minimum Gasteiger partial charge on any atom is -0.380 e. The zero-order valence-electron chi connectivity index (χ0n) is 13.8. The smallest absolute Gasteiger partial charge is 0.0593 e. The topological polar surface area (TPSA) is 38.5 Å². The van der Waals surface area contributed by atoms with E-state index >= 15 is 0 Å². The van der Waals surface area contributed by atoms with Crippen LogP contribution in [-0.2, 0) is 4.74 Å². The average Bonchev–Trinajstić information content (AvgIpc) is 2.72. The first-order valence-corrected chi connectivity index (χ1v) is 8.82. The number of hydrogen-bond donors (Lipinski definition) is 1. The van der Waals surface area contributed by atoms with Gasteiger partial charge in [-0.05, 0) is 32.2 Å². The van der Waals surface area contributed by atoms with E-state index in [1.807, 2.05) is 0 Å². The Bertz CT molecular complexity index is 225. The molecule has 20 heavy (non-hydrogen) atoms. The Morgan fingerprint density at radius 3 is 2.20 bits per heavy atom. The van der Waals surface area contributed by atoms with E-state index in [1.165, 1.54) is 57.8 Å². The molecule has 0 aromatic heterocycles. The summed E-state index contributed by atoms with van der Waals surface area (Å²) in [7, 11) is 0. The van der Waals surface area contributed by atoms with Gasteiger partial charge in [0.25, 0.3) is 0 Å². The van der Waals surface area contributed by atoms with Crippen molar-refractivity contribution in [2.75, 3.05) is 32.8 Å². The van der Waals surface area contributed by atoms with Crippen LogP contribution < -0.4 is 5.73 Å². The zero-order valence-corrected chi connectivity index (χ0v) is 13.8. The van der Waals surface area contributed by atoms with Crippen LogP contribution >= 0.6 is 0 Å². The maximum Gasteiger partial charge on any atom is 0.0593 e. The molecule has 0 spiro atoms. The summed E-state index contributed by atoms with van der Waals surface area (Å²) in [6, 6.07) is 0. The summed E-state index contributed by atoms with van der Waals surface area (Å²) in [6.45, 7) is 9.27. The number of unbranched alkanes of at least 4 members (excludes halogenated alkanes) is 1. The highest BCUT2D eigenvalue weighted by molar-refractivity contribution is 4.93. The third-order valence-electron chi connectivity index (χ3n) is 4.73. The van der Waals surface area contributed by atoms with E-state index in [4.69, 9.17) is 10.5 Å². The van der Waals surface area contributed by atoms with Crippen LogP contribution in [0, 0.1) is 0 Å². The molecule has 0 aromatic rings. The van der Waals surface area contributed by atoms with E-state index in [1.54, 1.807) is 0 Å². The minimum absolute atomic E-state index is 0.251. The van der Waals surface area contributed by atoms with Gasteiger partial charge in [0.05, 0.1) is 6.61 Å². The van der Waals surface area contributed by atoms with Gasteiger partial charge in [-0.15, -0.1) is 0 Å². The Morgan fingerprint density at radius 2 is 1.65 bits per heavy atom. The van der Waals surface area contributed by atoms with Crippen molar-refractivity contribution in [2.45, 2.75) is 77.2 Å². The molecule has 0 aromatic carbocycles. The summed E-state index contributed by atoms with van der Waals surface area (Å²) in [4.78, 5) is 2.64. The molecule has 120 valence electrons. The molecule has 0 atom stereocenters. The fourth-order valence-electron chi connectivity index (χ4n) is 3.42. The van der Waals surface area contributed by atoms with E-state index in [0.29, 0.717) is 0 Å². The third kappa shape index (κ3) is 5.71. The number of ether oxygens (including phenoxy) is 1. The van der Waals surface area contributed by atoms with E-state index in [0.717, 1.165) is 32.8 Å². The molecule has 0 aliphatic heterocycles. The first-order valence-electron chi connectivity index (χ1n) is 8.82. The molecule has 0 amide bonds. The van der Waals surface area contributed by atoms with E-state index in [2.05, 4.69) is 18.7 Å². The number of rotatable bonds is 10.